The molecule has 0 aliphatic carbocycles. The number of aromatic nitrogens is 3. The number of nitrogen functional groups attached to an aromatic ring is 2. The molecule has 1 aromatic heterocycles. The van der Waals surface area contributed by atoms with Crippen molar-refractivity contribution in [3.05, 3.63) is 12.2 Å². The third-order valence-electron chi connectivity index (χ3n) is 10.4. The predicted octanol–water partition coefficient (Wildman–Crippen LogP) is 10.4. The first kappa shape index (κ1) is 59.0. The summed E-state index contributed by atoms with van der Waals surface area (Å²) >= 11 is 1.34. The van der Waals surface area contributed by atoms with E-state index < -0.39 is 32.5 Å². The number of rotatable bonds is 45. The molecule has 370 valence electrons. The van der Waals surface area contributed by atoms with Crippen molar-refractivity contribution < 1.29 is 42.4 Å². The van der Waals surface area contributed by atoms with Crippen molar-refractivity contribution in [3.8, 4) is 0 Å². The number of allylic oxidation sites excluding steroid dienone is 2. The van der Waals surface area contributed by atoms with Crippen LogP contribution in [0.25, 0.3) is 0 Å². The first-order valence-corrected chi connectivity index (χ1v) is 27.2. The van der Waals surface area contributed by atoms with Crippen molar-refractivity contribution in [2.24, 2.45) is 0 Å². The largest absolute Gasteiger partial charge is 0.472 e. The maximum Gasteiger partial charge on any atom is 0.472 e. The van der Waals surface area contributed by atoms with Crippen LogP contribution in [-0.2, 0) is 37.5 Å². The molecule has 16 nitrogen and oxygen atoms in total. The lowest BCUT2D eigenvalue weighted by Crippen LogP contribution is -2.30. The summed E-state index contributed by atoms with van der Waals surface area (Å²) in [5.41, 5.74) is 11.1. The molecule has 1 unspecified atom stereocenters. The van der Waals surface area contributed by atoms with Crippen molar-refractivity contribution in [3.63, 3.8) is 0 Å². The van der Waals surface area contributed by atoms with Crippen LogP contribution >= 0.6 is 19.6 Å². The van der Waals surface area contributed by atoms with Crippen LogP contribution in [0.2, 0.25) is 0 Å². The fourth-order valence-electron chi connectivity index (χ4n) is 6.75. The number of carbonyl (C=O) groups is 3. The molecule has 0 saturated heterocycles. The number of phosphoric ester groups is 1. The van der Waals surface area contributed by atoms with E-state index in [0.717, 1.165) is 57.8 Å². The number of thioether (sulfide) groups is 1. The van der Waals surface area contributed by atoms with Crippen LogP contribution in [0, 0.1) is 0 Å². The van der Waals surface area contributed by atoms with E-state index in [1.54, 1.807) is 0 Å². The zero-order valence-electron chi connectivity index (χ0n) is 39.5. The Labute approximate surface area is 389 Å². The van der Waals surface area contributed by atoms with Gasteiger partial charge in [-0.2, -0.15) is 26.7 Å². The fourth-order valence-corrected chi connectivity index (χ4v) is 8.18. The summed E-state index contributed by atoms with van der Waals surface area (Å²) in [7, 11) is -4.60. The minimum absolute atomic E-state index is 0.000669. The van der Waals surface area contributed by atoms with E-state index in [1.165, 1.54) is 108 Å². The number of phosphoric acid groups is 1. The van der Waals surface area contributed by atoms with Gasteiger partial charge in [-0.05, 0) is 38.5 Å². The minimum atomic E-state index is -4.60. The van der Waals surface area contributed by atoms with Gasteiger partial charge >= 0.3 is 19.8 Å². The number of hydrogen-bond donors (Lipinski definition) is 5. The van der Waals surface area contributed by atoms with Crippen molar-refractivity contribution in [1.29, 1.82) is 0 Å². The van der Waals surface area contributed by atoms with Gasteiger partial charge in [-0.25, -0.2) is 4.57 Å². The molecule has 0 bridgehead atoms. The molecule has 64 heavy (non-hydrogen) atoms. The molecule has 2 atom stereocenters. The summed E-state index contributed by atoms with van der Waals surface area (Å²) < 4.78 is 33.8. The summed E-state index contributed by atoms with van der Waals surface area (Å²) in [5, 5.41) is 5.56. The molecular weight excluding hydrogens is 858 g/mol. The molecule has 0 fully saturated rings. The van der Waals surface area contributed by atoms with Crippen LogP contribution in [0.3, 0.4) is 0 Å². The molecule has 0 saturated carbocycles. The number of unbranched alkanes of at least 4 members (excludes halogenated alkanes) is 23. The summed E-state index contributed by atoms with van der Waals surface area (Å²) in [5.74, 6) is -0.290. The van der Waals surface area contributed by atoms with Crippen LogP contribution < -0.4 is 22.1 Å². The zero-order valence-corrected chi connectivity index (χ0v) is 41.3. The smallest absolute Gasteiger partial charge is 0.462 e. The molecular formula is C46H86N7O9PS. The molecule has 1 amide bonds. The highest BCUT2D eigenvalue weighted by molar-refractivity contribution is 7.99. The Morgan fingerprint density at radius 3 is 1.67 bits per heavy atom. The van der Waals surface area contributed by atoms with Crippen molar-refractivity contribution in [1.82, 2.24) is 20.3 Å². The highest BCUT2D eigenvalue weighted by atomic mass is 32.2. The molecule has 0 aromatic carbocycles. The SMILES string of the molecule is CCCCCCCC/C=C\CCCCCCCC(=O)O[C@H](COC(=O)CCCCCCCCCCCCCCC)COP(=O)(O)OCCNC(=O)CSCCNc1nc(N)nc(N)n1. The summed E-state index contributed by atoms with van der Waals surface area (Å²) in [4.78, 5) is 59.4. The molecule has 0 aliphatic rings. The van der Waals surface area contributed by atoms with Crippen molar-refractivity contribution in [2.45, 2.75) is 200 Å². The summed E-state index contributed by atoms with van der Waals surface area (Å²) in [6.45, 7) is 3.76. The van der Waals surface area contributed by atoms with Gasteiger partial charge in [-0.3, -0.25) is 23.4 Å². The van der Waals surface area contributed by atoms with Crippen LogP contribution in [-0.4, -0.2) is 88.2 Å². The minimum Gasteiger partial charge on any atom is -0.462 e. The van der Waals surface area contributed by atoms with E-state index in [2.05, 4.69) is 51.6 Å². The number of carbonyl (C=O) groups excluding carboxylic acids is 3. The predicted molar refractivity (Wildman–Crippen MR) is 260 cm³/mol. The third-order valence-corrected chi connectivity index (χ3v) is 12.3. The Morgan fingerprint density at radius 1 is 0.656 bits per heavy atom. The molecule has 7 N–H and O–H groups in total. The van der Waals surface area contributed by atoms with Gasteiger partial charge in [0.2, 0.25) is 23.8 Å². The first-order valence-electron chi connectivity index (χ1n) is 24.5. The Hall–Kier alpha value is -2.98. The standard InChI is InChI=1S/C46H86N7O9PS/c1-3-5-7-9-11-13-15-17-18-20-22-24-26-28-30-32-43(56)62-40(37-59-42(55)31-29-27-25-23-21-19-16-14-12-10-8-6-4-2)38-61-63(57,58)60-35-33-49-41(54)39-64-36-34-50-46-52-44(47)51-45(48)53-46/h17-18,40H,3-16,19-39H2,1-2H3,(H,49,54)(H,57,58)(H5,47,48,50,51,52,53)/b18-17-/t40-/m1/s1. The van der Waals surface area contributed by atoms with Crippen LogP contribution in [0.4, 0.5) is 17.8 Å². The lowest BCUT2D eigenvalue weighted by molar-refractivity contribution is -0.161. The molecule has 0 radical (unpaired) electrons. The second-order valence-corrected chi connectivity index (χ2v) is 19.0. The number of nitrogens with zero attached hydrogens (tertiary/aromatic N) is 3. The first-order chi connectivity index (χ1) is 31.0. The second-order valence-electron chi connectivity index (χ2n) is 16.4. The Balaban J connectivity index is 2.39. The highest BCUT2D eigenvalue weighted by Gasteiger charge is 2.26. The topological polar surface area (TPSA) is 240 Å². The Kier molecular flexibility index (Phi) is 38.2. The maximum atomic E-state index is 12.8. The van der Waals surface area contributed by atoms with Crippen molar-refractivity contribution in [2.75, 3.05) is 61.2 Å². The number of esters is 2. The lowest BCUT2D eigenvalue weighted by Gasteiger charge is -2.20. The van der Waals surface area contributed by atoms with Gasteiger partial charge in [-0.1, -0.05) is 154 Å². The van der Waals surface area contributed by atoms with Crippen LogP contribution in [0.5, 0.6) is 0 Å². The zero-order chi connectivity index (χ0) is 46.8. The molecule has 0 aliphatic heterocycles. The number of hydrogen-bond acceptors (Lipinski definition) is 15. The van der Waals surface area contributed by atoms with Gasteiger partial charge in [0.05, 0.1) is 19.0 Å². The van der Waals surface area contributed by atoms with Gasteiger partial charge in [0.1, 0.15) is 6.61 Å². The number of nitrogens with one attached hydrogen (secondary N) is 2. The second kappa shape index (κ2) is 41.5. The third kappa shape index (κ3) is 38.3. The molecule has 1 heterocycles. The van der Waals surface area contributed by atoms with E-state index in [4.69, 9.17) is 30.0 Å². The van der Waals surface area contributed by atoms with E-state index >= 15 is 0 Å². The average Bonchev–Trinajstić information content (AvgIpc) is 3.26. The van der Waals surface area contributed by atoms with E-state index in [0.29, 0.717) is 25.1 Å². The molecule has 0 spiro atoms. The molecule has 18 heteroatoms. The monoisotopic (exact) mass is 944 g/mol. The summed E-state index contributed by atoms with van der Waals surface area (Å²) in [6, 6.07) is 0. The molecule has 1 aromatic rings. The quantitative estimate of drug-likeness (QED) is 0.0177. The van der Waals surface area contributed by atoms with E-state index in [9.17, 15) is 23.8 Å². The van der Waals surface area contributed by atoms with E-state index in [-0.39, 0.29) is 62.1 Å². The van der Waals surface area contributed by atoms with E-state index in [1.807, 2.05) is 0 Å². The number of anilines is 3. The number of ether oxygens (including phenoxy) is 2. The fraction of sp³-hybridized carbons (Fsp3) is 0.826. The number of amides is 1. The maximum absolute atomic E-state index is 12.8. The van der Waals surface area contributed by atoms with Gasteiger partial charge in [0, 0.05) is 31.7 Å². The van der Waals surface area contributed by atoms with Gasteiger partial charge in [0.25, 0.3) is 0 Å². The van der Waals surface area contributed by atoms with Gasteiger partial charge in [0.15, 0.2) is 6.10 Å². The van der Waals surface area contributed by atoms with Crippen molar-refractivity contribution >= 4 is 55.3 Å². The Bertz CT molecular complexity index is 1390. The number of nitrogens with two attached hydrogens (primary N) is 2. The van der Waals surface area contributed by atoms with Gasteiger partial charge in [-0.15, -0.1) is 0 Å². The summed E-state index contributed by atoms with van der Waals surface area (Å²) in [6.07, 6.45) is 34.3. The molecule has 1 rings (SSSR count). The average molecular weight is 944 g/mol. The Morgan fingerprint density at radius 2 is 1.14 bits per heavy atom. The highest BCUT2D eigenvalue weighted by Crippen LogP contribution is 2.43. The lowest BCUT2D eigenvalue weighted by atomic mass is 10.0. The normalized spacial score (nSPS) is 12.9. The van der Waals surface area contributed by atoms with Gasteiger partial charge < -0.3 is 36.5 Å². The van der Waals surface area contributed by atoms with Crippen LogP contribution in [0.1, 0.15) is 194 Å². The van der Waals surface area contributed by atoms with Crippen LogP contribution in [0.15, 0.2) is 12.2 Å².